The highest BCUT2D eigenvalue weighted by Crippen LogP contribution is 2.69. The van der Waals surface area contributed by atoms with Crippen LogP contribution in [0.5, 0.6) is 0 Å². The zero-order valence-corrected chi connectivity index (χ0v) is 17.5. The second kappa shape index (κ2) is 6.47. The molecule has 0 saturated heterocycles. The number of halogens is 2. The summed E-state index contributed by atoms with van der Waals surface area (Å²) in [5.74, 6) is -1.60. The van der Waals surface area contributed by atoms with Crippen molar-refractivity contribution in [2.45, 2.75) is 77.4 Å². The van der Waals surface area contributed by atoms with Crippen molar-refractivity contribution in [2.24, 2.45) is 28.6 Å². The number of esters is 1. The monoisotopic (exact) mass is 408 g/mol. The molecule has 0 amide bonds. The minimum atomic E-state index is -2.08. The molecule has 6 heteroatoms. The van der Waals surface area contributed by atoms with Crippen molar-refractivity contribution in [1.82, 2.24) is 0 Å². The largest absolute Gasteiger partial charge is 0.461 e. The topological polar surface area (TPSA) is 63.6 Å². The number of aliphatic hydroxyl groups excluding tert-OH is 1. The third-order valence-corrected chi connectivity index (χ3v) is 8.40. The molecule has 0 aromatic heterocycles. The zero-order valence-electron chi connectivity index (χ0n) is 17.5. The van der Waals surface area contributed by atoms with Gasteiger partial charge in [0.1, 0.15) is 12.3 Å². The smallest absolute Gasteiger partial charge is 0.305 e. The third kappa shape index (κ3) is 2.57. The van der Waals surface area contributed by atoms with Gasteiger partial charge in [0.2, 0.25) is 0 Å². The van der Waals surface area contributed by atoms with Gasteiger partial charge in [-0.05, 0) is 55.7 Å². The molecule has 0 radical (unpaired) electrons. The second-order valence-electron chi connectivity index (χ2n) is 9.92. The molecule has 9 atom stereocenters. The second-order valence-corrected chi connectivity index (χ2v) is 9.92. The van der Waals surface area contributed by atoms with Gasteiger partial charge in [-0.25, -0.2) is 8.78 Å². The minimum absolute atomic E-state index is 0.00123. The van der Waals surface area contributed by atoms with Gasteiger partial charge in [-0.15, -0.1) is 0 Å². The van der Waals surface area contributed by atoms with E-state index in [1.165, 1.54) is 18.2 Å². The number of rotatable bonds is 2. The molecular formula is C23H30F2O4. The summed E-state index contributed by atoms with van der Waals surface area (Å²) in [4.78, 5) is 23.9. The maximum Gasteiger partial charge on any atom is 0.305 e. The van der Waals surface area contributed by atoms with Crippen molar-refractivity contribution in [3.8, 4) is 0 Å². The van der Waals surface area contributed by atoms with Gasteiger partial charge in [-0.3, -0.25) is 9.59 Å². The number of carbonyl (C=O) groups excluding carboxylic acids is 2. The summed E-state index contributed by atoms with van der Waals surface area (Å²) in [6.45, 7) is 7.24. The number of fused-ring (bicyclic) bond motifs is 5. The van der Waals surface area contributed by atoms with Crippen molar-refractivity contribution < 1.29 is 28.2 Å². The summed E-state index contributed by atoms with van der Waals surface area (Å²) in [5, 5.41) is 11.1. The Morgan fingerprint density at radius 1 is 1.31 bits per heavy atom. The van der Waals surface area contributed by atoms with Crippen LogP contribution in [0.3, 0.4) is 0 Å². The molecule has 0 spiro atoms. The number of aliphatic hydroxyl groups is 1. The SMILES string of the molecule is CCC(=O)OC1C(C)C[C@H]2[C@@H]3CC(F)C4=CC(=O)C=C[C@]4(C)C3(F)C(O)C[C@]12C. The van der Waals surface area contributed by atoms with Crippen molar-refractivity contribution >= 4 is 11.8 Å². The molecule has 5 unspecified atom stereocenters. The van der Waals surface area contributed by atoms with Crippen molar-refractivity contribution in [3.63, 3.8) is 0 Å². The van der Waals surface area contributed by atoms with E-state index in [1.807, 2.05) is 13.8 Å². The number of alkyl halides is 2. The van der Waals surface area contributed by atoms with E-state index in [-0.39, 0.29) is 48.4 Å². The van der Waals surface area contributed by atoms with Crippen LogP contribution >= 0.6 is 0 Å². The van der Waals surface area contributed by atoms with Gasteiger partial charge in [-0.2, -0.15) is 0 Å². The van der Waals surface area contributed by atoms with E-state index in [2.05, 4.69) is 0 Å². The Morgan fingerprint density at radius 2 is 2.00 bits per heavy atom. The van der Waals surface area contributed by atoms with Crippen LogP contribution in [0.2, 0.25) is 0 Å². The summed E-state index contributed by atoms with van der Waals surface area (Å²) >= 11 is 0. The number of carbonyl (C=O) groups is 2. The van der Waals surface area contributed by atoms with Crippen LogP contribution in [-0.2, 0) is 14.3 Å². The highest BCUT2D eigenvalue weighted by Gasteiger charge is 2.73. The van der Waals surface area contributed by atoms with E-state index in [4.69, 9.17) is 4.74 Å². The fourth-order valence-corrected chi connectivity index (χ4v) is 7.00. The van der Waals surface area contributed by atoms with Gasteiger partial charge in [0, 0.05) is 23.2 Å². The summed E-state index contributed by atoms with van der Waals surface area (Å²) in [6, 6.07) is 0. The van der Waals surface area contributed by atoms with E-state index >= 15 is 8.78 Å². The van der Waals surface area contributed by atoms with Gasteiger partial charge >= 0.3 is 5.97 Å². The maximum atomic E-state index is 16.9. The predicted molar refractivity (Wildman–Crippen MR) is 103 cm³/mol. The average molecular weight is 408 g/mol. The average Bonchev–Trinajstić information content (AvgIpc) is 2.90. The molecular weight excluding hydrogens is 378 g/mol. The summed E-state index contributed by atoms with van der Waals surface area (Å²) in [6.07, 6.45) is 1.65. The molecule has 4 aliphatic carbocycles. The van der Waals surface area contributed by atoms with Crippen LogP contribution < -0.4 is 0 Å². The molecule has 1 N–H and O–H groups in total. The van der Waals surface area contributed by atoms with Crippen LogP contribution in [0.1, 0.15) is 53.4 Å². The standard InChI is InChI=1S/C23H30F2O4/c1-5-19(28)29-20-12(2)8-14-15-10-17(24)16-9-13(26)6-7-22(16,4)23(15,25)18(27)11-21(14,20)3/h6-7,9,12,14-15,17-18,20,27H,5,8,10-11H2,1-4H3/t12?,14-,15-,17?,18?,20?,21-,22-,23?/m0/s1. The Balaban J connectivity index is 1.78. The van der Waals surface area contributed by atoms with E-state index in [0.29, 0.717) is 6.42 Å². The minimum Gasteiger partial charge on any atom is -0.461 e. The summed E-state index contributed by atoms with van der Waals surface area (Å²) in [5.41, 5.74) is -3.93. The molecule has 0 aromatic carbocycles. The van der Waals surface area contributed by atoms with Crippen LogP contribution in [0, 0.1) is 28.6 Å². The van der Waals surface area contributed by atoms with Crippen LogP contribution in [0.25, 0.3) is 0 Å². The molecule has 0 heterocycles. The number of allylic oxidation sites excluding steroid dienone is 4. The molecule has 0 bridgehead atoms. The molecule has 160 valence electrons. The van der Waals surface area contributed by atoms with Gasteiger partial charge in [0.05, 0.1) is 6.10 Å². The van der Waals surface area contributed by atoms with Gasteiger partial charge in [0.15, 0.2) is 11.5 Å². The number of ether oxygens (including phenoxy) is 1. The van der Waals surface area contributed by atoms with Gasteiger partial charge < -0.3 is 9.84 Å². The van der Waals surface area contributed by atoms with Crippen LogP contribution in [-0.4, -0.2) is 40.9 Å². The Kier molecular flexibility index (Phi) is 4.62. The lowest BCUT2D eigenvalue weighted by Crippen LogP contribution is -2.68. The van der Waals surface area contributed by atoms with Crippen LogP contribution in [0.15, 0.2) is 23.8 Å². The highest BCUT2D eigenvalue weighted by molar-refractivity contribution is 6.01. The normalized spacial score (nSPS) is 51.0. The Bertz CT molecular complexity index is 807. The molecule has 29 heavy (non-hydrogen) atoms. The predicted octanol–water partition coefficient (Wildman–Crippen LogP) is 3.87. The summed E-state index contributed by atoms with van der Waals surface area (Å²) < 4.78 is 37.9. The molecule has 4 aliphatic rings. The zero-order chi connectivity index (χ0) is 21.4. The number of ketones is 1. The maximum absolute atomic E-state index is 16.9. The number of hydrogen-bond donors (Lipinski definition) is 1. The first-order chi connectivity index (χ1) is 13.5. The van der Waals surface area contributed by atoms with E-state index in [9.17, 15) is 14.7 Å². The van der Waals surface area contributed by atoms with Crippen molar-refractivity contribution in [3.05, 3.63) is 23.8 Å². The molecule has 4 nitrogen and oxygen atoms in total. The fraction of sp³-hybridized carbons (Fsp3) is 0.739. The van der Waals surface area contributed by atoms with E-state index in [1.54, 1.807) is 13.8 Å². The quantitative estimate of drug-likeness (QED) is 0.705. The molecule has 0 aromatic rings. The molecule has 3 fully saturated rings. The lowest BCUT2D eigenvalue weighted by Gasteiger charge is -2.62. The molecule has 4 rings (SSSR count). The first-order valence-corrected chi connectivity index (χ1v) is 10.6. The van der Waals surface area contributed by atoms with Gasteiger partial charge in [0.25, 0.3) is 0 Å². The highest BCUT2D eigenvalue weighted by atomic mass is 19.1. The lowest BCUT2D eigenvalue weighted by molar-refractivity contribution is -0.212. The van der Waals surface area contributed by atoms with Crippen molar-refractivity contribution in [1.29, 1.82) is 0 Å². The summed E-state index contributed by atoms with van der Waals surface area (Å²) in [7, 11) is 0. The Labute approximate surface area is 170 Å². The third-order valence-electron chi connectivity index (χ3n) is 8.40. The Morgan fingerprint density at radius 3 is 2.66 bits per heavy atom. The fourth-order valence-electron chi connectivity index (χ4n) is 7.00. The van der Waals surface area contributed by atoms with Crippen molar-refractivity contribution in [2.75, 3.05) is 0 Å². The first kappa shape index (κ1) is 20.7. The van der Waals surface area contributed by atoms with E-state index < -0.39 is 40.8 Å². The molecule has 0 aliphatic heterocycles. The van der Waals surface area contributed by atoms with Crippen LogP contribution in [0.4, 0.5) is 8.78 Å². The van der Waals surface area contributed by atoms with E-state index in [0.717, 1.165) is 0 Å². The number of hydrogen-bond acceptors (Lipinski definition) is 4. The first-order valence-electron chi connectivity index (χ1n) is 10.6. The van der Waals surface area contributed by atoms with Gasteiger partial charge in [-0.1, -0.05) is 26.8 Å². The molecule has 3 saturated carbocycles. The Hall–Kier alpha value is -1.56. The lowest BCUT2D eigenvalue weighted by atomic mass is 9.45.